The van der Waals surface area contributed by atoms with Crippen LogP contribution in [0.5, 0.6) is 5.75 Å². The van der Waals surface area contributed by atoms with Gasteiger partial charge in [0.25, 0.3) is 0 Å². The normalized spacial score (nSPS) is 9.67. The van der Waals surface area contributed by atoms with Gasteiger partial charge in [-0.15, -0.1) is 0 Å². The van der Waals surface area contributed by atoms with Crippen LogP contribution < -0.4 is 4.74 Å². The number of carbonyl (C=O) groups excluding carboxylic acids is 2. The van der Waals surface area contributed by atoms with Crippen molar-refractivity contribution in [2.45, 2.75) is 19.3 Å². The van der Waals surface area contributed by atoms with E-state index in [1.54, 1.807) is 12.1 Å². The Balaban J connectivity index is 2.40. The first-order valence-electron chi connectivity index (χ1n) is 4.62. The lowest BCUT2D eigenvalue weighted by atomic mass is 10.2. The van der Waals surface area contributed by atoms with Gasteiger partial charge in [-0.3, -0.25) is 4.79 Å². The number of hydrogen-bond acceptors (Lipinski definition) is 3. The molecule has 0 atom stereocenters. The second-order valence-corrected chi connectivity index (χ2v) is 4.24. The minimum Gasteiger partial charge on any atom is -0.426 e. The number of ether oxygens (including phenoxy) is 1. The monoisotopic (exact) mass is 318 g/mol. The van der Waals surface area contributed by atoms with Gasteiger partial charge >= 0.3 is 5.97 Å². The van der Waals surface area contributed by atoms with E-state index in [1.165, 1.54) is 0 Å². The average molecular weight is 318 g/mol. The standard InChI is InChI=1S/C11H11IO3/c12-9-4-3-5-10(8-9)15-11(14)6-1-2-7-13/h3-5,7-8H,1-2,6H2. The molecule has 0 aliphatic heterocycles. The average Bonchev–Trinajstić information content (AvgIpc) is 2.18. The van der Waals surface area contributed by atoms with E-state index < -0.39 is 0 Å². The zero-order valence-electron chi connectivity index (χ0n) is 8.11. The largest absolute Gasteiger partial charge is 0.426 e. The Bertz CT molecular complexity index is 349. The molecule has 0 unspecified atom stereocenters. The van der Waals surface area contributed by atoms with Crippen molar-refractivity contribution in [3.8, 4) is 5.75 Å². The highest BCUT2D eigenvalue weighted by atomic mass is 127. The molecule has 1 rings (SSSR count). The summed E-state index contributed by atoms with van der Waals surface area (Å²) in [6, 6.07) is 7.28. The highest BCUT2D eigenvalue weighted by molar-refractivity contribution is 14.1. The fourth-order valence-corrected chi connectivity index (χ4v) is 1.56. The fourth-order valence-electron chi connectivity index (χ4n) is 1.04. The highest BCUT2D eigenvalue weighted by Gasteiger charge is 2.04. The van der Waals surface area contributed by atoms with Crippen LogP contribution >= 0.6 is 22.6 Å². The van der Waals surface area contributed by atoms with Crippen LogP contribution in [0.1, 0.15) is 19.3 Å². The van der Waals surface area contributed by atoms with E-state index in [1.807, 2.05) is 12.1 Å². The van der Waals surface area contributed by atoms with Gasteiger partial charge in [-0.1, -0.05) is 6.07 Å². The SMILES string of the molecule is O=CCCCC(=O)Oc1cccc(I)c1. The number of unbranched alkanes of at least 4 members (excludes halogenated alkanes) is 1. The third kappa shape index (κ3) is 4.92. The Morgan fingerprint density at radius 3 is 2.93 bits per heavy atom. The van der Waals surface area contributed by atoms with Crippen molar-refractivity contribution < 1.29 is 14.3 Å². The van der Waals surface area contributed by atoms with E-state index in [0.717, 1.165) is 9.86 Å². The fraction of sp³-hybridized carbons (Fsp3) is 0.273. The molecule has 0 heterocycles. The van der Waals surface area contributed by atoms with E-state index in [0.29, 0.717) is 18.6 Å². The summed E-state index contributed by atoms with van der Waals surface area (Å²) in [5, 5.41) is 0. The Hall–Kier alpha value is -0.910. The number of esters is 1. The molecule has 0 aromatic heterocycles. The number of rotatable bonds is 5. The van der Waals surface area contributed by atoms with Crippen molar-refractivity contribution in [3.05, 3.63) is 27.8 Å². The van der Waals surface area contributed by atoms with Crippen molar-refractivity contribution in [3.63, 3.8) is 0 Å². The van der Waals surface area contributed by atoms with Crippen LogP contribution in [0.25, 0.3) is 0 Å². The maximum absolute atomic E-state index is 11.3. The minimum atomic E-state index is -0.293. The van der Waals surface area contributed by atoms with E-state index in [4.69, 9.17) is 4.74 Å². The number of hydrogen-bond donors (Lipinski definition) is 0. The molecule has 80 valence electrons. The van der Waals surface area contributed by atoms with Gasteiger partial charge < -0.3 is 9.53 Å². The second kappa shape index (κ2) is 6.55. The molecule has 0 bridgehead atoms. The first-order chi connectivity index (χ1) is 7.22. The van der Waals surface area contributed by atoms with Gasteiger partial charge in [0.15, 0.2) is 0 Å². The highest BCUT2D eigenvalue weighted by Crippen LogP contribution is 2.15. The zero-order valence-corrected chi connectivity index (χ0v) is 10.3. The van der Waals surface area contributed by atoms with E-state index in [2.05, 4.69) is 22.6 Å². The predicted molar refractivity (Wildman–Crippen MR) is 64.7 cm³/mol. The lowest BCUT2D eigenvalue weighted by Crippen LogP contribution is -2.07. The van der Waals surface area contributed by atoms with Gasteiger partial charge in [0.2, 0.25) is 0 Å². The molecule has 0 N–H and O–H groups in total. The summed E-state index contributed by atoms with van der Waals surface area (Å²) in [6.45, 7) is 0. The number of aldehydes is 1. The maximum atomic E-state index is 11.3. The third-order valence-electron chi connectivity index (χ3n) is 1.73. The molecular weight excluding hydrogens is 307 g/mol. The summed E-state index contributed by atoms with van der Waals surface area (Å²) in [6.07, 6.45) is 2.04. The van der Waals surface area contributed by atoms with Crippen molar-refractivity contribution in [2.24, 2.45) is 0 Å². The lowest BCUT2D eigenvalue weighted by molar-refractivity contribution is -0.134. The molecule has 3 nitrogen and oxygen atoms in total. The molecule has 0 aliphatic rings. The number of benzene rings is 1. The summed E-state index contributed by atoms with van der Waals surface area (Å²) in [4.78, 5) is 21.3. The minimum absolute atomic E-state index is 0.282. The van der Waals surface area contributed by atoms with Crippen molar-refractivity contribution in [1.29, 1.82) is 0 Å². The lowest BCUT2D eigenvalue weighted by Gasteiger charge is -2.03. The summed E-state index contributed by atoms with van der Waals surface area (Å²) in [7, 11) is 0. The first-order valence-corrected chi connectivity index (χ1v) is 5.70. The first kappa shape index (κ1) is 12.2. The van der Waals surface area contributed by atoms with Crippen molar-refractivity contribution >= 4 is 34.8 Å². The summed E-state index contributed by atoms with van der Waals surface area (Å²) >= 11 is 2.15. The molecule has 0 fully saturated rings. The Morgan fingerprint density at radius 1 is 1.47 bits per heavy atom. The van der Waals surface area contributed by atoms with Crippen LogP contribution in [0.2, 0.25) is 0 Å². The van der Waals surface area contributed by atoms with Gasteiger partial charge in [0, 0.05) is 16.4 Å². The molecule has 0 aliphatic carbocycles. The molecule has 0 spiro atoms. The molecule has 0 radical (unpaired) electrons. The predicted octanol–water partition coefficient (Wildman–Crippen LogP) is 2.57. The van der Waals surface area contributed by atoms with E-state index >= 15 is 0 Å². The maximum Gasteiger partial charge on any atom is 0.311 e. The van der Waals surface area contributed by atoms with Crippen LogP contribution in [0, 0.1) is 3.57 Å². The topological polar surface area (TPSA) is 43.4 Å². The summed E-state index contributed by atoms with van der Waals surface area (Å²) < 4.78 is 6.10. The van der Waals surface area contributed by atoms with E-state index in [-0.39, 0.29) is 12.4 Å². The molecule has 4 heteroatoms. The van der Waals surface area contributed by atoms with Crippen LogP contribution in [0.3, 0.4) is 0 Å². The molecule has 0 saturated carbocycles. The summed E-state index contributed by atoms with van der Waals surface area (Å²) in [5.74, 6) is 0.261. The Labute approximate surface area is 102 Å². The third-order valence-corrected chi connectivity index (χ3v) is 2.40. The van der Waals surface area contributed by atoms with Gasteiger partial charge in [-0.25, -0.2) is 0 Å². The number of carbonyl (C=O) groups is 2. The van der Waals surface area contributed by atoms with Crippen LogP contribution in [-0.4, -0.2) is 12.3 Å². The number of halogens is 1. The summed E-state index contributed by atoms with van der Waals surface area (Å²) in [5.41, 5.74) is 0. The molecule has 1 aromatic carbocycles. The molecular formula is C11H11IO3. The van der Waals surface area contributed by atoms with Crippen LogP contribution in [-0.2, 0) is 9.59 Å². The molecule has 1 aromatic rings. The Kier molecular flexibility index (Phi) is 5.31. The van der Waals surface area contributed by atoms with Crippen LogP contribution in [0.4, 0.5) is 0 Å². The van der Waals surface area contributed by atoms with Gasteiger partial charge in [-0.05, 0) is 47.2 Å². The smallest absolute Gasteiger partial charge is 0.311 e. The molecule has 0 saturated heterocycles. The van der Waals surface area contributed by atoms with Crippen molar-refractivity contribution in [2.75, 3.05) is 0 Å². The Morgan fingerprint density at radius 2 is 2.27 bits per heavy atom. The molecule has 0 amide bonds. The van der Waals surface area contributed by atoms with Gasteiger partial charge in [0.05, 0.1) is 0 Å². The van der Waals surface area contributed by atoms with Gasteiger partial charge in [-0.2, -0.15) is 0 Å². The van der Waals surface area contributed by atoms with E-state index in [9.17, 15) is 9.59 Å². The zero-order chi connectivity index (χ0) is 11.1. The second-order valence-electron chi connectivity index (χ2n) is 2.99. The molecule has 15 heavy (non-hydrogen) atoms. The van der Waals surface area contributed by atoms with Gasteiger partial charge in [0.1, 0.15) is 12.0 Å². The quantitative estimate of drug-likeness (QED) is 0.275. The van der Waals surface area contributed by atoms with Crippen molar-refractivity contribution in [1.82, 2.24) is 0 Å². The van der Waals surface area contributed by atoms with Crippen LogP contribution in [0.15, 0.2) is 24.3 Å².